The van der Waals surface area contributed by atoms with Crippen molar-refractivity contribution in [1.29, 1.82) is 0 Å². The molecule has 2 aromatic heterocycles. The number of hydrogen-bond donors (Lipinski definition) is 3. The van der Waals surface area contributed by atoms with Crippen LogP contribution in [-0.2, 0) is 4.74 Å². The van der Waals surface area contributed by atoms with Crippen molar-refractivity contribution in [3.63, 3.8) is 0 Å². The van der Waals surface area contributed by atoms with Crippen LogP contribution in [0.25, 0.3) is 5.52 Å². The number of hydrogen-bond acceptors (Lipinski definition) is 7. The first kappa shape index (κ1) is 25.8. The summed E-state index contributed by atoms with van der Waals surface area (Å²) in [5.41, 5.74) is 5.08. The van der Waals surface area contributed by atoms with Crippen LogP contribution in [0.2, 0.25) is 0 Å². The number of ether oxygens (including phenoxy) is 1. The molecule has 0 bridgehead atoms. The normalized spacial score (nSPS) is 15.2. The highest BCUT2D eigenvalue weighted by Crippen LogP contribution is 2.29. The summed E-state index contributed by atoms with van der Waals surface area (Å²) in [6.07, 6.45) is 5.15. The summed E-state index contributed by atoms with van der Waals surface area (Å²) in [5.74, 6) is -0.473. The fourth-order valence-corrected chi connectivity index (χ4v) is 4.85. The van der Waals surface area contributed by atoms with Gasteiger partial charge in [-0.2, -0.15) is 5.10 Å². The number of carbonyl (C=O) groups is 2. The molecule has 0 spiro atoms. The van der Waals surface area contributed by atoms with Gasteiger partial charge in [-0.3, -0.25) is 9.59 Å². The molecule has 1 aliphatic heterocycles. The lowest BCUT2D eigenvalue weighted by molar-refractivity contribution is 0.0949. The molecule has 3 N–H and O–H groups in total. The Hall–Kier alpha value is -4.51. The summed E-state index contributed by atoms with van der Waals surface area (Å²) in [6.45, 7) is 6.22. The van der Waals surface area contributed by atoms with Crippen molar-refractivity contribution in [3.8, 4) is 0 Å². The Morgan fingerprint density at radius 3 is 2.62 bits per heavy atom. The molecule has 2 fully saturated rings. The molecule has 4 aromatic rings. The lowest BCUT2D eigenvalue weighted by atomic mass is 10.1. The first-order valence-corrected chi connectivity index (χ1v) is 13.3. The van der Waals surface area contributed by atoms with E-state index in [1.165, 1.54) is 18.5 Å². The van der Waals surface area contributed by atoms with Crippen LogP contribution in [0.5, 0.6) is 0 Å². The smallest absolute Gasteiger partial charge is 0.255 e. The maximum Gasteiger partial charge on any atom is 0.255 e. The molecule has 11 heteroatoms. The number of halogens is 1. The van der Waals surface area contributed by atoms with Gasteiger partial charge in [-0.15, -0.1) is 0 Å². The van der Waals surface area contributed by atoms with Crippen molar-refractivity contribution in [2.45, 2.75) is 32.7 Å². The number of amides is 2. The van der Waals surface area contributed by atoms with Crippen molar-refractivity contribution >= 4 is 40.2 Å². The largest absolute Gasteiger partial charge is 0.378 e. The van der Waals surface area contributed by atoms with E-state index < -0.39 is 11.7 Å². The van der Waals surface area contributed by atoms with E-state index in [2.05, 4.69) is 26.0 Å². The number of benzene rings is 2. The van der Waals surface area contributed by atoms with Crippen LogP contribution in [-0.4, -0.2) is 58.8 Å². The van der Waals surface area contributed by atoms with Gasteiger partial charge in [0.1, 0.15) is 17.7 Å². The minimum absolute atomic E-state index is 0.119. The SMILES string of the molecule is Cc1ccc(NC(=O)c2cc(F)cc(N3CCOCC3)c2)cc1Nc1ncnn2cc(C(=O)NC3CC3)c(C)c12. The molecule has 0 atom stereocenters. The number of morpholine rings is 1. The Kier molecular flexibility index (Phi) is 6.81. The summed E-state index contributed by atoms with van der Waals surface area (Å²) >= 11 is 0. The summed E-state index contributed by atoms with van der Waals surface area (Å²) < 4.78 is 21.5. The number of aromatic nitrogens is 3. The molecule has 2 aromatic carbocycles. The van der Waals surface area contributed by atoms with Crippen molar-refractivity contribution in [2.24, 2.45) is 0 Å². The number of aryl methyl sites for hydroxylation is 2. The van der Waals surface area contributed by atoms with Crippen LogP contribution in [0.15, 0.2) is 48.9 Å². The topological polar surface area (TPSA) is 113 Å². The molecular formula is C29H30FN7O3. The Morgan fingerprint density at radius 2 is 1.85 bits per heavy atom. The number of fused-ring (bicyclic) bond motifs is 1. The van der Waals surface area contributed by atoms with Gasteiger partial charge in [0.05, 0.1) is 18.8 Å². The standard InChI is InChI=1S/C29H30FN7O3/c1-17-3-4-22(34-28(38)19-11-20(30)13-23(12-19)36-7-9-40-10-8-36)14-25(17)35-27-26-18(2)24(15-37(26)32-16-31-27)29(39)33-21-5-6-21/h3-4,11-16,21H,5-10H2,1-2H3,(H,33,39)(H,34,38)(H,31,32,35). The molecular weight excluding hydrogens is 513 g/mol. The van der Waals surface area contributed by atoms with Gasteiger partial charge in [-0.25, -0.2) is 13.9 Å². The molecule has 6 rings (SSSR count). The molecule has 2 amide bonds. The third kappa shape index (κ3) is 5.32. The van der Waals surface area contributed by atoms with Crippen molar-refractivity contribution < 1.29 is 18.7 Å². The number of nitrogens with zero attached hydrogens (tertiary/aromatic N) is 4. The summed E-state index contributed by atoms with van der Waals surface area (Å²) in [7, 11) is 0. The van der Waals surface area contributed by atoms with E-state index in [4.69, 9.17) is 4.74 Å². The first-order chi connectivity index (χ1) is 19.4. The molecule has 2 aliphatic rings. The van der Waals surface area contributed by atoms with Crippen LogP contribution >= 0.6 is 0 Å². The summed E-state index contributed by atoms with van der Waals surface area (Å²) in [6, 6.07) is 10.1. The number of anilines is 4. The number of carbonyl (C=O) groups excluding carboxylic acids is 2. The first-order valence-electron chi connectivity index (χ1n) is 13.3. The molecule has 1 aliphatic carbocycles. The van der Waals surface area contributed by atoms with E-state index in [9.17, 15) is 14.0 Å². The Morgan fingerprint density at radius 1 is 1.05 bits per heavy atom. The zero-order valence-electron chi connectivity index (χ0n) is 22.3. The predicted molar refractivity (Wildman–Crippen MR) is 150 cm³/mol. The fourth-order valence-electron chi connectivity index (χ4n) is 4.85. The number of rotatable bonds is 7. The summed E-state index contributed by atoms with van der Waals surface area (Å²) in [5, 5.41) is 13.5. The second-order valence-electron chi connectivity index (χ2n) is 10.2. The second-order valence-corrected chi connectivity index (χ2v) is 10.2. The van der Waals surface area contributed by atoms with Crippen LogP contribution in [0.3, 0.4) is 0 Å². The van der Waals surface area contributed by atoms with Crippen LogP contribution in [0, 0.1) is 19.7 Å². The van der Waals surface area contributed by atoms with Crippen LogP contribution < -0.4 is 20.9 Å². The number of nitrogens with one attached hydrogen (secondary N) is 3. The van der Waals surface area contributed by atoms with E-state index in [1.807, 2.05) is 24.8 Å². The Bertz CT molecular complexity index is 1610. The van der Waals surface area contributed by atoms with E-state index in [-0.39, 0.29) is 17.5 Å². The molecule has 0 radical (unpaired) electrons. The highest BCUT2D eigenvalue weighted by Gasteiger charge is 2.26. The second kappa shape index (κ2) is 10.6. The quantitative estimate of drug-likeness (QED) is 0.320. The zero-order valence-corrected chi connectivity index (χ0v) is 22.3. The molecule has 10 nitrogen and oxygen atoms in total. The maximum atomic E-state index is 14.4. The highest BCUT2D eigenvalue weighted by atomic mass is 19.1. The molecule has 40 heavy (non-hydrogen) atoms. The third-order valence-corrected chi connectivity index (χ3v) is 7.25. The third-order valence-electron chi connectivity index (χ3n) is 7.25. The van der Waals surface area contributed by atoms with Crippen molar-refractivity contribution in [2.75, 3.05) is 41.8 Å². The summed E-state index contributed by atoms with van der Waals surface area (Å²) in [4.78, 5) is 32.3. The Balaban J connectivity index is 1.24. The van der Waals surface area contributed by atoms with Gasteiger partial charge < -0.3 is 25.6 Å². The minimum Gasteiger partial charge on any atom is -0.378 e. The van der Waals surface area contributed by atoms with Crippen molar-refractivity contribution in [1.82, 2.24) is 19.9 Å². The van der Waals surface area contributed by atoms with Gasteiger partial charge in [0.2, 0.25) is 0 Å². The van der Waals surface area contributed by atoms with Crippen LogP contribution in [0.1, 0.15) is 44.7 Å². The molecule has 1 saturated heterocycles. The van der Waals surface area contributed by atoms with E-state index in [0.717, 1.165) is 29.7 Å². The minimum atomic E-state index is -0.471. The van der Waals surface area contributed by atoms with Gasteiger partial charge in [0, 0.05) is 48.0 Å². The molecule has 1 saturated carbocycles. The average molecular weight is 544 g/mol. The lowest BCUT2D eigenvalue weighted by Gasteiger charge is -2.29. The van der Waals surface area contributed by atoms with Gasteiger partial charge >= 0.3 is 0 Å². The lowest BCUT2D eigenvalue weighted by Crippen LogP contribution is -2.36. The van der Waals surface area contributed by atoms with Gasteiger partial charge in [0.25, 0.3) is 11.8 Å². The average Bonchev–Trinajstić information content (AvgIpc) is 3.70. The van der Waals surface area contributed by atoms with E-state index in [0.29, 0.717) is 54.6 Å². The van der Waals surface area contributed by atoms with Gasteiger partial charge in [-0.1, -0.05) is 6.07 Å². The fraction of sp³-hybridized carbons (Fsp3) is 0.310. The maximum absolute atomic E-state index is 14.4. The molecule has 206 valence electrons. The van der Waals surface area contributed by atoms with Gasteiger partial charge in [-0.05, 0) is 68.1 Å². The Labute approximate surface area is 230 Å². The molecule has 0 unspecified atom stereocenters. The van der Waals surface area contributed by atoms with E-state index >= 15 is 0 Å². The monoisotopic (exact) mass is 543 g/mol. The predicted octanol–water partition coefficient (Wildman–Crippen LogP) is 4.21. The molecule has 3 heterocycles. The highest BCUT2D eigenvalue weighted by molar-refractivity contribution is 6.05. The van der Waals surface area contributed by atoms with Crippen molar-refractivity contribution in [3.05, 3.63) is 77.0 Å². The zero-order chi connectivity index (χ0) is 27.8. The van der Waals surface area contributed by atoms with E-state index in [1.54, 1.807) is 28.9 Å². The van der Waals surface area contributed by atoms with Crippen LogP contribution in [0.4, 0.5) is 27.3 Å². The van der Waals surface area contributed by atoms with Gasteiger partial charge in [0.15, 0.2) is 5.82 Å².